The smallest absolute Gasteiger partial charge is 0.268 e. The van der Waals surface area contributed by atoms with E-state index in [4.69, 9.17) is 4.89 Å². The molecule has 0 aliphatic rings. The van der Waals surface area contributed by atoms with Gasteiger partial charge in [-0.05, 0) is 51.5 Å². The summed E-state index contributed by atoms with van der Waals surface area (Å²) in [7, 11) is 0. The van der Waals surface area contributed by atoms with Gasteiger partial charge in [-0.25, -0.2) is 4.79 Å². The lowest BCUT2D eigenvalue weighted by molar-refractivity contribution is -0.520. The average molecular weight is 246 g/mol. The zero-order valence-electron chi connectivity index (χ0n) is 12.3. The van der Waals surface area contributed by atoms with Crippen LogP contribution in [0.1, 0.15) is 61.8 Å². The van der Waals surface area contributed by atoms with Crippen molar-refractivity contribution in [2.75, 3.05) is 0 Å². The van der Waals surface area contributed by atoms with Gasteiger partial charge in [-0.1, -0.05) is 20.8 Å². The van der Waals surface area contributed by atoms with Gasteiger partial charge in [0.1, 0.15) is 5.60 Å². The minimum absolute atomic E-state index is 0.112. The lowest BCUT2D eigenvalue weighted by atomic mass is 9.84. The predicted octanol–water partition coefficient (Wildman–Crippen LogP) is 3.65. The topological polar surface area (TPSA) is 44.8 Å². The van der Waals surface area contributed by atoms with Crippen LogP contribution in [0.3, 0.4) is 0 Å². The number of hydrogen-bond donors (Lipinski definition) is 0. The van der Waals surface area contributed by atoms with Crippen molar-refractivity contribution in [1.29, 1.82) is 0 Å². The van der Waals surface area contributed by atoms with E-state index in [9.17, 15) is 4.79 Å². The van der Waals surface area contributed by atoms with Crippen LogP contribution in [0, 0.1) is 10.8 Å². The highest BCUT2D eigenvalue weighted by Gasteiger charge is 2.30. The summed E-state index contributed by atoms with van der Waals surface area (Å²) in [5.74, 6) is -0.455. The number of carbonyl (C=O) groups is 1. The number of hydrogen-bond acceptors (Lipinski definition) is 4. The van der Waals surface area contributed by atoms with E-state index in [2.05, 4.69) is 30.7 Å². The maximum atomic E-state index is 11.4. The minimum Gasteiger partial charge on any atom is -0.268 e. The number of carbonyl (C=O) groups excluding carboxylic acids is 1. The fraction of sp³-hybridized carbons (Fsp3) is 0.923. The summed E-state index contributed by atoms with van der Waals surface area (Å²) in [6, 6.07) is 0. The predicted molar refractivity (Wildman–Crippen MR) is 65.9 cm³/mol. The lowest BCUT2D eigenvalue weighted by Gasteiger charge is -2.30. The Morgan fingerprint density at radius 2 is 1.41 bits per heavy atom. The van der Waals surface area contributed by atoms with Crippen molar-refractivity contribution in [2.24, 2.45) is 10.8 Å². The molecule has 0 bridgehead atoms. The maximum absolute atomic E-state index is 11.4. The standard InChI is InChI=1S/C13H26O4/c1-11(2,3)9-13(7,8)16-17-15-10(14)12(4,5)6/h9H2,1-8H3. The molecule has 0 rings (SSSR count). The van der Waals surface area contributed by atoms with E-state index in [1.54, 1.807) is 20.8 Å². The van der Waals surface area contributed by atoms with E-state index in [1.165, 1.54) is 0 Å². The zero-order chi connectivity index (χ0) is 13.9. The molecule has 17 heavy (non-hydrogen) atoms. The Bertz CT molecular complexity index is 256. The summed E-state index contributed by atoms with van der Waals surface area (Å²) < 4.78 is 0. The van der Waals surface area contributed by atoms with Crippen LogP contribution >= 0.6 is 0 Å². The highest BCUT2D eigenvalue weighted by molar-refractivity contribution is 5.74. The molecule has 0 saturated heterocycles. The summed E-state index contributed by atoms with van der Waals surface area (Å²) >= 11 is 0. The second-order valence-electron chi connectivity index (χ2n) is 7.27. The largest absolute Gasteiger partial charge is 0.350 e. The fourth-order valence-corrected chi connectivity index (χ4v) is 1.57. The average Bonchev–Trinajstić information content (AvgIpc) is 1.96. The van der Waals surface area contributed by atoms with Gasteiger partial charge in [0.25, 0.3) is 0 Å². The summed E-state index contributed by atoms with van der Waals surface area (Å²) in [6.07, 6.45) is 0.785. The van der Waals surface area contributed by atoms with Crippen molar-refractivity contribution >= 4 is 5.97 Å². The third kappa shape index (κ3) is 8.16. The van der Waals surface area contributed by atoms with Gasteiger partial charge < -0.3 is 0 Å². The maximum Gasteiger partial charge on any atom is 0.350 e. The third-order valence-electron chi connectivity index (χ3n) is 1.94. The second-order valence-corrected chi connectivity index (χ2v) is 7.27. The molecule has 0 unspecified atom stereocenters. The fourth-order valence-electron chi connectivity index (χ4n) is 1.57. The van der Waals surface area contributed by atoms with Crippen molar-refractivity contribution in [3.63, 3.8) is 0 Å². The third-order valence-corrected chi connectivity index (χ3v) is 1.94. The monoisotopic (exact) mass is 246 g/mol. The molecule has 0 aromatic rings. The van der Waals surface area contributed by atoms with Crippen molar-refractivity contribution in [3.05, 3.63) is 0 Å². The molecule has 0 aliphatic heterocycles. The molecule has 0 aromatic heterocycles. The van der Waals surface area contributed by atoms with E-state index in [-0.39, 0.29) is 5.41 Å². The molecule has 0 aromatic carbocycles. The summed E-state index contributed by atoms with van der Waals surface area (Å²) in [5, 5.41) is 4.58. The molecule has 0 radical (unpaired) electrons. The zero-order valence-corrected chi connectivity index (χ0v) is 12.3. The highest BCUT2D eigenvalue weighted by atomic mass is 17.5. The van der Waals surface area contributed by atoms with Gasteiger partial charge in [-0.3, -0.25) is 4.89 Å². The van der Waals surface area contributed by atoms with E-state index in [1.807, 2.05) is 13.8 Å². The molecule has 0 amide bonds. The molecule has 0 atom stereocenters. The molecule has 4 heteroatoms. The van der Waals surface area contributed by atoms with Crippen molar-refractivity contribution in [2.45, 2.75) is 67.4 Å². The normalized spacial score (nSPS) is 13.6. The quantitative estimate of drug-likeness (QED) is 0.561. The van der Waals surface area contributed by atoms with Gasteiger partial charge in [0.15, 0.2) is 0 Å². The van der Waals surface area contributed by atoms with Crippen LogP contribution in [0.25, 0.3) is 0 Å². The van der Waals surface area contributed by atoms with Gasteiger partial charge in [0.05, 0.1) is 5.41 Å². The van der Waals surface area contributed by atoms with Crippen molar-refractivity contribution in [1.82, 2.24) is 0 Å². The van der Waals surface area contributed by atoms with Crippen LogP contribution in [0.15, 0.2) is 0 Å². The lowest BCUT2D eigenvalue weighted by Crippen LogP contribution is -2.32. The van der Waals surface area contributed by atoms with Crippen LogP contribution in [0.5, 0.6) is 0 Å². The Morgan fingerprint density at radius 3 is 1.76 bits per heavy atom. The van der Waals surface area contributed by atoms with Gasteiger partial charge in [-0.2, -0.15) is 4.89 Å². The first-order valence-electron chi connectivity index (χ1n) is 5.90. The minimum atomic E-state index is -0.600. The van der Waals surface area contributed by atoms with E-state index in [0.29, 0.717) is 0 Å². The Morgan fingerprint density at radius 1 is 0.941 bits per heavy atom. The first-order chi connectivity index (χ1) is 7.33. The molecule has 4 nitrogen and oxygen atoms in total. The van der Waals surface area contributed by atoms with Gasteiger partial charge >= 0.3 is 5.97 Å². The van der Waals surface area contributed by atoms with Crippen LogP contribution in [0.4, 0.5) is 0 Å². The SMILES string of the molecule is CC(C)(C)CC(C)(C)OOOC(=O)C(C)(C)C. The first-order valence-corrected chi connectivity index (χ1v) is 5.90. The Hall–Kier alpha value is -0.610. The molecule has 0 N–H and O–H groups in total. The Kier molecular flexibility index (Phi) is 5.16. The van der Waals surface area contributed by atoms with Crippen molar-refractivity contribution < 1.29 is 19.6 Å². The summed E-state index contributed by atoms with van der Waals surface area (Å²) in [4.78, 5) is 21.1. The number of rotatable bonds is 4. The molecule has 0 fully saturated rings. The molecular weight excluding hydrogens is 220 g/mol. The van der Waals surface area contributed by atoms with Gasteiger partial charge in [-0.15, -0.1) is 0 Å². The van der Waals surface area contributed by atoms with Gasteiger partial charge in [0, 0.05) is 0 Å². The molecule has 0 saturated carbocycles. The van der Waals surface area contributed by atoms with E-state index >= 15 is 0 Å². The van der Waals surface area contributed by atoms with Crippen LogP contribution < -0.4 is 0 Å². The molecule has 102 valence electrons. The van der Waals surface area contributed by atoms with Crippen LogP contribution in [0.2, 0.25) is 0 Å². The molecule has 0 spiro atoms. The molecule has 0 aliphatic carbocycles. The Labute approximate surface area is 104 Å². The van der Waals surface area contributed by atoms with E-state index < -0.39 is 17.0 Å². The summed E-state index contributed by atoms with van der Waals surface area (Å²) in [5.41, 5.74) is -0.991. The Balaban J connectivity index is 4.09. The molecular formula is C13H26O4. The van der Waals surface area contributed by atoms with Gasteiger partial charge in [0.2, 0.25) is 0 Å². The second kappa shape index (κ2) is 5.36. The van der Waals surface area contributed by atoms with Crippen LogP contribution in [-0.2, 0) is 19.6 Å². The molecule has 0 heterocycles. The highest BCUT2D eigenvalue weighted by Crippen LogP contribution is 2.29. The first kappa shape index (κ1) is 16.4. The van der Waals surface area contributed by atoms with Crippen molar-refractivity contribution in [3.8, 4) is 0 Å². The van der Waals surface area contributed by atoms with Crippen LogP contribution in [-0.4, -0.2) is 11.6 Å². The summed E-state index contributed by atoms with van der Waals surface area (Å²) in [6.45, 7) is 15.4. The van der Waals surface area contributed by atoms with E-state index in [0.717, 1.165) is 6.42 Å².